The van der Waals surface area contributed by atoms with E-state index in [1.807, 2.05) is 13.8 Å². The zero-order valence-electron chi connectivity index (χ0n) is 12.9. The molecule has 0 rings (SSSR count). The van der Waals surface area contributed by atoms with E-state index < -0.39 is 36.4 Å². The lowest BCUT2D eigenvalue weighted by Crippen LogP contribution is -2.45. The third-order valence-electron chi connectivity index (χ3n) is 2.39. The summed E-state index contributed by atoms with van der Waals surface area (Å²) in [4.78, 5) is 34.2. The van der Waals surface area contributed by atoms with Crippen LogP contribution in [0.5, 0.6) is 0 Å². The molecule has 122 valence electrons. The Kier molecular flexibility index (Phi) is 7.94. The number of carboxylic acids is 1. The standard InChI is InChI=1S/C14H24O7/c1-9(2)7-20-12(17)6-14(19,5-11(15)16)13(18)21-8-10(3)4/h9-10,19H,5-8H2,1-4H3,(H,15,16). The molecule has 0 aliphatic carbocycles. The van der Waals surface area contributed by atoms with Gasteiger partial charge in [0.2, 0.25) is 0 Å². The molecule has 0 aromatic heterocycles. The molecule has 0 fully saturated rings. The van der Waals surface area contributed by atoms with Crippen molar-refractivity contribution >= 4 is 17.9 Å². The molecule has 0 aliphatic rings. The van der Waals surface area contributed by atoms with Gasteiger partial charge in [0, 0.05) is 0 Å². The van der Waals surface area contributed by atoms with Crippen molar-refractivity contribution in [3.63, 3.8) is 0 Å². The van der Waals surface area contributed by atoms with Crippen LogP contribution in [0, 0.1) is 11.8 Å². The highest BCUT2D eigenvalue weighted by molar-refractivity contribution is 5.89. The van der Waals surface area contributed by atoms with Crippen LogP contribution >= 0.6 is 0 Å². The Morgan fingerprint density at radius 3 is 1.86 bits per heavy atom. The average Bonchev–Trinajstić information content (AvgIpc) is 2.32. The molecule has 7 heteroatoms. The van der Waals surface area contributed by atoms with E-state index in [-0.39, 0.29) is 25.0 Å². The first kappa shape index (κ1) is 19.4. The van der Waals surface area contributed by atoms with Gasteiger partial charge in [-0.25, -0.2) is 4.79 Å². The van der Waals surface area contributed by atoms with Crippen LogP contribution in [0.15, 0.2) is 0 Å². The van der Waals surface area contributed by atoms with Gasteiger partial charge in [0.15, 0.2) is 5.60 Å². The Labute approximate surface area is 124 Å². The second-order valence-corrected chi connectivity index (χ2v) is 5.85. The predicted octanol–water partition coefficient (Wildman–Crippen LogP) is 0.981. The summed E-state index contributed by atoms with van der Waals surface area (Å²) in [6.45, 7) is 7.40. The molecule has 0 amide bonds. The van der Waals surface area contributed by atoms with Crippen molar-refractivity contribution in [1.82, 2.24) is 0 Å². The maximum Gasteiger partial charge on any atom is 0.339 e. The van der Waals surface area contributed by atoms with Gasteiger partial charge in [0.05, 0.1) is 26.1 Å². The summed E-state index contributed by atoms with van der Waals surface area (Å²) in [7, 11) is 0. The number of esters is 2. The van der Waals surface area contributed by atoms with Gasteiger partial charge in [-0.2, -0.15) is 0 Å². The number of carbonyl (C=O) groups excluding carboxylic acids is 2. The normalized spacial score (nSPS) is 13.9. The largest absolute Gasteiger partial charge is 0.481 e. The minimum Gasteiger partial charge on any atom is -0.481 e. The number of aliphatic hydroxyl groups is 1. The molecular formula is C14H24O7. The summed E-state index contributed by atoms with van der Waals surface area (Å²) < 4.78 is 9.69. The minimum absolute atomic E-state index is 0.0240. The van der Waals surface area contributed by atoms with Crippen molar-refractivity contribution < 1.29 is 34.1 Å². The second kappa shape index (κ2) is 8.61. The highest BCUT2D eigenvalue weighted by atomic mass is 16.6. The smallest absolute Gasteiger partial charge is 0.339 e. The quantitative estimate of drug-likeness (QED) is 0.611. The summed E-state index contributed by atoms with van der Waals surface area (Å²) >= 11 is 0. The maximum atomic E-state index is 11.8. The first-order valence-corrected chi connectivity index (χ1v) is 6.84. The van der Waals surface area contributed by atoms with Crippen molar-refractivity contribution in [3.05, 3.63) is 0 Å². The Morgan fingerprint density at radius 2 is 1.43 bits per heavy atom. The summed E-state index contributed by atoms with van der Waals surface area (Å²) in [5.74, 6) is -3.25. The molecule has 0 saturated heterocycles. The van der Waals surface area contributed by atoms with Crippen LogP contribution in [0.4, 0.5) is 0 Å². The van der Waals surface area contributed by atoms with E-state index in [2.05, 4.69) is 0 Å². The van der Waals surface area contributed by atoms with Gasteiger partial charge in [-0.1, -0.05) is 27.7 Å². The van der Waals surface area contributed by atoms with Gasteiger partial charge in [-0.3, -0.25) is 9.59 Å². The molecule has 1 unspecified atom stereocenters. The van der Waals surface area contributed by atoms with Crippen LogP contribution in [0.25, 0.3) is 0 Å². The van der Waals surface area contributed by atoms with Crippen LogP contribution in [0.1, 0.15) is 40.5 Å². The Balaban J connectivity index is 4.78. The molecular weight excluding hydrogens is 280 g/mol. The minimum atomic E-state index is -2.41. The molecule has 7 nitrogen and oxygen atoms in total. The summed E-state index contributed by atoms with van der Waals surface area (Å²) in [5.41, 5.74) is -2.41. The van der Waals surface area contributed by atoms with Crippen LogP contribution in [0.2, 0.25) is 0 Å². The Bertz CT molecular complexity index is 376. The SMILES string of the molecule is CC(C)COC(=O)CC(O)(CC(=O)O)C(=O)OCC(C)C. The highest BCUT2D eigenvalue weighted by Gasteiger charge is 2.43. The van der Waals surface area contributed by atoms with Gasteiger partial charge < -0.3 is 19.7 Å². The first-order valence-electron chi connectivity index (χ1n) is 6.84. The van der Waals surface area contributed by atoms with E-state index in [0.29, 0.717) is 0 Å². The molecule has 0 heterocycles. The zero-order valence-corrected chi connectivity index (χ0v) is 12.9. The lowest BCUT2D eigenvalue weighted by atomic mass is 9.95. The third kappa shape index (κ3) is 8.29. The lowest BCUT2D eigenvalue weighted by Gasteiger charge is -2.24. The maximum absolute atomic E-state index is 11.8. The van der Waals surface area contributed by atoms with Crippen LogP contribution in [-0.4, -0.2) is 46.9 Å². The molecule has 0 aliphatic heterocycles. The van der Waals surface area contributed by atoms with Gasteiger partial charge in [0.1, 0.15) is 0 Å². The number of ether oxygens (including phenoxy) is 2. The van der Waals surface area contributed by atoms with Crippen molar-refractivity contribution in [3.8, 4) is 0 Å². The van der Waals surface area contributed by atoms with Crippen LogP contribution in [0.3, 0.4) is 0 Å². The topological polar surface area (TPSA) is 110 Å². The fourth-order valence-corrected chi connectivity index (χ4v) is 1.38. The Hall–Kier alpha value is -1.63. The summed E-state index contributed by atoms with van der Waals surface area (Å²) in [6, 6.07) is 0. The highest BCUT2D eigenvalue weighted by Crippen LogP contribution is 2.19. The average molecular weight is 304 g/mol. The van der Waals surface area contributed by atoms with Gasteiger partial charge in [-0.15, -0.1) is 0 Å². The van der Waals surface area contributed by atoms with E-state index >= 15 is 0 Å². The monoisotopic (exact) mass is 304 g/mol. The number of aliphatic carboxylic acids is 1. The predicted molar refractivity (Wildman–Crippen MR) is 73.4 cm³/mol. The van der Waals surface area contributed by atoms with Gasteiger partial charge in [0.25, 0.3) is 0 Å². The fraction of sp³-hybridized carbons (Fsp3) is 0.786. The lowest BCUT2D eigenvalue weighted by molar-refractivity contribution is -0.177. The Morgan fingerprint density at radius 1 is 0.952 bits per heavy atom. The number of rotatable bonds is 9. The molecule has 0 saturated carbocycles. The summed E-state index contributed by atoms with van der Waals surface area (Å²) in [6.07, 6.45) is -1.66. The third-order valence-corrected chi connectivity index (χ3v) is 2.39. The van der Waals surface area contributed by atoms with E-state index in [0.717, 1.165) is 0 Å². The fourth-order valence-electron chi connectivity index (χ4n) is 1.38. The zero-order chi connectivity index (χ0) is 16.6. The number of carboxylic acid groups (broad SMARTS) is 1. The van der Waals surface area contributed by atoms with Gasteiger partial charge >= 0.3 is 17.9 Å². The second-order valence-electron chi connectivity index (χ2n) is 5.85. The van der Waals surface area contributed by atoms with Crippen molar-refractivity contribution in [2.24, 2.45) is 11.8 Å². The van der Waals surface area contributed by atoms with E-state index in [4.69, 9.17) is 14.6 Å². The summed E-state index contributed by atoms with van der Waals surface area (Å²) in [5, 5.41) is 18.9. The number of carbonyl (C=O) groups is 3. The van der Waals surface area contributed by atoms with Gasteiger partial charge in [-0.05, 0) is 11.8 Å². The number of hydrogen-bond acceptors (Lipinski definition) is 6. The van der Waals surface area contributed by atoms with Crippen LogP contribution in [-0.2, 0) is 23.9 Å². The van der Waals surface area contributed by atoms with Crippen LogP contribution < -0.4 is 0 Å². The molecule has 2 N–H and O–H groups in total. The molecule has 0 aromatic rings. The molecule has 0 bridgehead atoms. The molecule has 1 atom stereocenters. The molecule has 0 aromatic carbocycles. The van der Waals surface area contributed by atoms with E-state index in [1.54, 1.807) is 13.8 Å². The van der Waals surface area contributed by atoms with Crippen molar-refractivity contribution in [2.45, 2.75) is 46.1 Å². The van der Waals surface area contributed by atoms with E-state index in [1.165, 1.54) is 0 Å². The molecule has 0 radical (unpaired) electrons. The molecule has 21 heavy (non-hydrogen) atoms. The molecule has 0 spiro atoms. The van der Waals surface area contributed by atoms with Crippen molar-refractivity contribution in [2.75, 3.05) is 13.2 Å². The van der Waals surface area contributed by atoms with E-state index in [9.17, 15) is 19.5 Å². The van der Waals surface area contributed by atoms with Crippen molar-refractivity contribution in [1.29, 1.82) is 0 Å². The first-order chi connectivity index (χ1) is 9.56. The number of hydrogen-bond donors (Lipinski definition) is 2.